The van der Waals surface area contributed by atoms with Gasteiger partial charge in [-0.25, -0.2) is 4.79 Å². The molecule has 8 heteroatoms. The van der Waals surface area contributed by atoms with Gasteiger partial charge >= 0.3 is 11.1 Å². The first-order chi connectivity index (χ1) is 7.45. The molecular weight excluding hydrogens is 350 g/mol. The Bertz CT molecular complexity index is 511. The Balaban J connectivity index is 3.41. The molecule has 0 N–H and O–H groups in total. The number of nitro benzene ring substituents is 1. The number of ether oxygens (including phenoxy) is 1. The molecule has 1 aromatic carbocycles. The number of hydrogen-bond acceptors (Lipinski definition) is 5. The quantitative estimate of drug-likeness (QED) is 0.353. The number of carbonyl (C=O) groups excluding carboxylic acids is 1. The van der Waals surface area contributed by atoms with Crippen LogP contribution in [0.2, 0.25) is 0 Å². The van der Waals surface area contributed by atoms with Gasteiger partial charge in [-0.2, -0.15) is 5.26 Å². The van der Waals surface area contributed by atoms with Gasteiger partial charge in [0.05, 0.1) is 20.1 Å². The van der Waals surface area contributed by atoms with Crippen LogP contribution in [0, 0.1) is 25.0 Å². The van der Waals surface area contributed by atoms with Gasteiger partial charge in [-0.3, -0.25) is 10.1 Å². The number of hydrogen-bond donors (Lipinski definition) is 0. The van der Waals surface area contributed by atoms with Gasteiger partial charge < -0.3 is 4.74 Å². The van der Waals surface area contributed by atoms with Crippen LogP contribution in [0.5, 0.6) is 5.75 Å². The summed E-state index contributed by atoms with van der Waals surface area (Å²) < 4.78 is 4.77. The second-order valence-corrected chi connectivity index (χ2v) is 3.99. The molecule has 0 amide bonds. The molecule has 0 fully saturated rings. The van der Waals surface area contributed by atoms with Gasteiger partial charge in [-0.15, -0.1) is 0 Å². The standard InChI is InChI=1S/C8H2ClIN2O4/c9-8(13)16-7-5(10)1-4(3-11)2-6(7)12(14)15/h1-2H. The molecule has 6 nitrogen and oxygen atoms in total. The lowest BCUT2D eigenvalue weighted by atomic mass is 10.2. The number of nitrogens with zero attached hydrogens (tertiary/aromatic N) is 2. The molecule has 0 spiro atoms. The van der Waals surface area contributed by atoms with Gasteiger partial charge in [0, 0.05) is 17.7 Å². The first-order valence-corrected chi connectivity index (χ1v) is 5.16. The second kappa shape index (κ2) is 5.09. The predicted molar refractivity (Wildman–Crippen MR) is 62.4 cm³/mol. The maximum absolute atomic E-state index is 10.7. The van der Waals surface area contributed by atoms with Crippen LogP contribution in [-0.4, -0.2) is 10.4 Å². The molecule has 0 aliphatic carbocycles. The molecule has 0 bridgehead atoms. The first-order valence-electron chi connectivity index (χ1n) is 3.71. The Kier molecular flexibility index (Phi) is 4.03. The first kappa shape index (κ1) is 12.7. The third kappa shape index (κ3) is 2.80. The minimum absolute atomic E-state index is 0.102. The van der Waals surface area contributed by atoms with E-state index in [2.05, 4.69) is 4.74 Å². The van der Waals surface area contributed by atoms with Crippen molar-refractivity contribution in [2.75, 3.05) is 0 Å². The maximum Gasteiger partial charge on any atom is 0.409 e. The van der Waals surface area contributed by atoms with Crippen molar-refractivity contribution in [3.8, 4) is 11.8 Å². The summed E-state index contributed by atoms with van der Waals surface area (Å²) in [4.78, 5) is 20.5. The molecule has 16 heavy (non-hydrogen) atoms. The SMILES string of the molecule is N#Cc1cc(I)c(OC(=O)Cl)c([N+](=O)[O-])c1. The maximum atomic E-state index is 10.7. The Morgan fingerprint density at radius 3 is 2.69 bits per heavy atom. The largest absolute Gasteiger partial charge is 0.409 e. The highest BCUT2D eigenvalue weighted by atomic mass is 127. The summed E-state index contributed by atoms with van der Waals surface area (Å²) in [6.45, 7) is 0. The number of benzene rings is 1. The van der Waals surface area contributed by atoms with E-state index in [0.29, 0.717) is 0 Å². The zero-order valence-corrected chi connectivity index (χ0v) is 10.4. The molecule has 82 valence electrons. The normalized spacial score (nSPS) is 9.31. The van der Waals surface area contributed by atoms with Crippen LogP contribution >= 0.6 is 34.2 Å². The summed E-state index contributed by atoms with van der Waals surface area (Å²) in [6, 6.07) is 4.12. The summed E-state index contributed by atoms with van der Waals surface area (Å²) in [7, 11) is 0. The van der Waals surface area contributed by atoms with Crippen LogP contribution in [0.1, 0.15) is 5.56 Å². The van der Waals surface area contributed by atoms with Crippen LogP contribution in [0.3, 0.4) is 0 Å². The third-order valence-corrected chi connectivity index (χ3v) is 2.41. The zero-order chi connectivity index (χ0) is 12.3. The summed E-state index contributed by atoms with van der Waals surface area (Å²) >= 11 is 6.69. The number of nitro groups is 1. The Labute approximate surface area is 108 Å². The summed E-state index contributed by atoms with van der Waals surface area (Å²) in [5.41, 5.74) is -1.55. The fraction of sp³-hybridized carbons (Fsp3) is 0. The third-order valence-electron chi connectivity index (χ3n) is 1.53. The monoisotopic (exact) mass is 352 g/mol. The lowest BCUT2D eigenvalue weighted by molar-refractivity contribution is -0.385. The van der Waals surface area contributed by atoms with Crippen LogP contribution in [0.15, 0.2) is 12.1 Å². The van der Waals surface area contributed by atoms with E-state index < -0.39 is 16.0 Å². The molecular formula is C8H2ClIN2O4. The van der Waals surface area contributed by atoms with Crippen molar-refractivity contribution in [1.82, 2.24) is 0 Å². The Hall–Kier alpha value is -1.40. The van der Waals surface area contributed by atoms with Gasteiger partial charge in [0.25, 0.3) is 0 Å². The number of nitriles is 1. The fourth-order valence-corrected chi connectivity index (χ4v) is 1.76. The lowest BCUT2D eigenvalue weighted by Crippen LogP contribution is -2.02. The van der Waals surface area contributed by atoms with E-state index in [1.165, 1.54) is 6.07 Å². The molecule has 0 saturated carbocycles. The second-order valence-electron chi connectivity index (χ2n) is 2.51. The molecule has 0 saturated heterocycles. The highest BCUT2D eigenvalue weighted by Gasteiger charge is 2.22. The van der Waals surface area contributed by atoms with Crippen LogP contribution in [0.25, 0.3) is 0 Å². The smallest absolute Gasteiger partial charge is 0.406 e. The predicted octanol–water partition coefficient (Wildman–Crippen LogP) is 2.81. The molecule has 0 heterocycles. The number of rotatable bonds is 2. The van der Waals surface area contributed by atoms with Gasteiger partial charge in [-0.05, 0) is 28.7 Å². The van der Waals surface area contributed by atoms with E-state index in [1.807, 2.05) is 0 Å². The van der Waals surface area contributed by atoms with Gasteiger partial charge in [0.15, 0.2) is 0 Å². The molecule has 0 atom stereocenters. The van der Waals surface area contributed by atoms with Crippen molar-refractivity contribution in [2.24, 2.45) is 0 Å². The molecule has 0 aliphatic rings. The lowest BCUT2D eigenvalue weighted by Gasteiger charge is -2.04. The van der Waals surface area contributed by atoms with Gasteiger partial charge in [0.2, 0.25) is 5.75 Å². The molecule has 1 aromatic rings. The minimum Gasteiger partial charge on any atom is -0.406 e. The van der Waals surface area contributed by atoms with E-state index in [0.717, 1.165) is 6.07 Å². The summed E-state index contributed by atoms with van der Waals surface area (Å²) in [6.07, 6.45) is 0. The molecule has 0 unspecified atom stereocenters. The van der Waals surface area contributed by atoms with Gasteiger partial charge in [-0.1, -0.05) is 0 Å². The van der Waals surface area contributed by atoms with E-state index in [4.69, 9.17) is 16.9 Å². The van der Waals surface area contributed by atoms with Crippen LogP contribution < -0.4 is 4.74 Å². The average molecular weight is 352 g/mol. The molecule has 0 aromatic heterocycles. The summed E-state index contributed by atoms with van der Waals surface area (Å²) in [5.74, 6) is -0.260. The van der Waals surface area contributed by atoms with Crippen molar-refractivity contribution in [3.63, 3.8) is 0 Å². The number of carbonyl (C=O) groups is 1. The summed E-state index contributed by atoms with van der Waals surface area (Å²) in [5, 5.41) is 19.3. The zero-order valence-electron chi connectivity index (χ0n) is 7.44. The topological polar surface area (TPSA) is 93.2 Å². The number of halogens is 2. The Morgan fingerprint density at radius 2 is 2.25 bits per heavy atom. The van der Waals surface area contributed by atoms with Crippen molar-refractivity contribution in [3.05, 3.63) is 31.4 Å². The van der Waals surface area contributed by atoms with Crippen LogP contribution in [0.4, 0.5) is 10.5 Å². The Morgan fingerprint density at radius 1 is 1.62 bits per heavy atom. The van der Waals surface area contributed by atoms with Crippen molar-refractivity contribution >= 4 is 45.3 Å². The minimum atomic E-state index is -1.18. The highest BCUT2D eigenvalue weighted by Crippen LogP contribution is 2.33. The van der Waals surface area contributed by atoms with Crippen molar-refractivity contribution < 1.29 is 14.5 Å². The van der Waals surface area contributed by atoms with Crippen molar-refractivity contribution in [1.29, 1.82) is 5.26 Å². The average Bonchev–Trinajstić information content (AvgIpc) is 2.19. The van der Waals surface area contributed by atoms with Crippen LogP contribution in [-0.2, 0) is 0 Å². The van der Waals surface area contributed by atoms with E-state index in [9.17, 15) is 14.9 Å². The fourth-order valence-electron chi connectivity index (χ4n) is 0.960. The van der Waals surface area contributed by atoms with E-state index in [1.54, 1.807) is 28.7 Å². The van der Waals surface area contributed by atoms with E-state index >= 15 is 0 Å². The van der Waals surface area contributed by atoms with Gasteiger partial charge in [0.1, 0.15) is 0 Å². The molecule has 0 radical (unpaired) electrons. The molecule has 0 aliphatic heterocycles. The van der Waals surface area contributed by atoms with Crippen molar-refractivity contribution in [2.45, 2.75) is 0 Å². The van der Waals surface area contributed by atoms with E-state index in [-0.39, 0.29) is 14.9 Å². The molecule has 1 rings (SSSR count). The highest BCUT2D eigenvalue weighted by molar-refractivity contribution is 14.1.